The van der Waals surface area contributed by atoms with Crippen molar-refractivity contribution in [3.8, 4) is 0 Å². The molecule has 0 aromatic heterocycles. The van der Waals surface area contributed by atoms with Gasteiger partial charge in [-0.3, -0.25) is 4.79 Å². The molecule has 5 nitrogen and oxygen atoms in total. The zero-order valence-corrected chi connectivity index (χ0v) is 12.9. The molecular formula is C17H23NO4. The summed E-state index contributed by atoms with van der Waals surface area (Å²) in [5, 5.41) is 12.1. The van der Waals surface area contributed by atoms with Crippen LogP contribution in [0.3, 0.4) is 0 Å². The highest BCUT2D eigenvalue weighted by atomic mass is 16.5. The number of carbonyl (C=O) groups excluding carboxylic acids is 1. The molecule has 0 saturated heterocycles. The van der Waals surface area contributed by atoms with Gasteiger partial charge in [-0.25, -0.2) is 4.79 Å². The third-order valence-corrected chi connectivity index (χ3v) is 4.32. The average molecular weight is 305 g/mol. The first-order chi connectivity index (χ1) is 10.6. The average Bonchev–Trinajstić information content (AvgIpc) is 2.98. The summed E-state index contributed by atoms with van der Waals surface area (Å²) >= 11 is 0. The van der Waals surface area contributed by atoms with E-state index in [2.05, 4.69) is 5.32 Å². The fourth-order valence-electron chi connectivity index (χ4n) is 3.08. The molecule has 1 fully saturated rings. The first-order valence-electron chi connectivity index (χ1n) is 7.72. The Bertz CT molecular complexity index is 529. The van der Waals surface area contributed by atoms with Crippen molar-refractivity contribution in [2.45, 2.75) is 38.2 Å². The summed E-state index contributed by atoms with van der Waals surface area (Å²) in [4.78, 5) is 23.1. The molecule has 1 aliphatic rings. The van der Waals surface area contributed by atoms with Crippen LogP contribution >= 0.6 is 0 Å². The third kappa shape index (κ3) is 4.31. The second-order valence-electron chi connectivity index (χ2n) is 5.73. The molecular weight excluding hydrogens is 282 g/mol. The van der Waals surface area contributed by atoms with Gasteiger partial charge in [-0.15, -0.1) is 0 Å². The van der Waals surface area contributed by atoms with Crippen LogP contribution in [-0.4, -0.2) is 36.7 Å². The number of aryl methyl sites for hydroxylation is 1. The molecule has 2 rings (SSSR count). The summed E-state index contributed by atoms with van der Waals surface area (Å²) in [5.41, 5.74) is 0.964. The summed E-state index contributed by atoms with van der Waals surface area (Å²) in [6.07, 6.45) is 4.27. The second-order valence-corrected chi connectivity index (χ2v) is 5.73. The summed E-state index contributed by atoms with van der Waals surface area (Å²) in [5.74, 6) is -0.605. The van der Waals surface area contributed by atoms with E-state index in [9.17, 15) is 9.59 Å². The normalized spacial score (nSPS) is 20.8. The van der Waals surface area contributed by atoms with Crippen LogP contribution in [0.25, 0.3) is 0 Å². The molecule has 0 heterocycles. The molecule has 1 aliphatic carbocycles. The van der Waals surface area contributed by atoms with Crippen LogP contribution in [0, 0.1) is 5.92 Å². The number of carbonyl (C=O) groups is 2. The van der Waals surface area contributed by atoms with Gasteiger partial charge in [0, 0.05) is 26.0 Å². The van der Waals surface area contributed by atoms with Gasteiger partial charge >= 0.3 is 5.97 Å². The Morgan fingerprint density at radius 1 is 1.32 bits per heavy atom. The predicted octanol–water partition coefficient (Wildman–Crippen LogP) is 2.25. The van der Waals surface area contributed by atoms with Crippen LogP contribution in [0.2, 0.25) is 0 Å². The number of carboxylic acids is 1. The van der Waals surface area contributed by atoms with E-state index in [0.717, 1.165) is 19.3 Å². The molecule has 1 aromatic rings. The molecule has 0 radical (unpaired) electrons. The predicted molar refractivity (Wildman–Crippen MR) is 82.9 cm³/mol. The van der Waals surface area contributed by atoms with Crippen LogP contribution in [0.5, 0.6) is 0 Å². The van der Waals surface area contributed by atoms with Crippen LogP contribution in [0.1, 0.15) is 41.6 Å². The van der Waals surface area contributed by atoms with Crippen molar-refractivity contribution in [2.24, 2.45) is 5.92 Å². The zero-order valence-electron chi connectivity index (χ0n) is 12.9. The minimum Gasteiger partial charge on any atom is -0.478 e. The number of ether oxygens (including phenoxy) is 1. The van der Waals surface area contributed by atoms with Gasteiger partial charge < -0.3 is 15.2 Å². The lowest BCUT2D eigenvalue weighted by Crippen LogP contribution is -2.33. The molecule has 0 spiro atoms. The zero-order chi connectivity index (χ0) is 15.9. The van der Waals surface area contributed by atoms with Crippen molar-refractivity contribution in [3.63, 3.8) is 0 Å². The van der Waals surface area contributed by atoms with Crippen molar-refractivity contribution in [1.29, 1.82) is 0 Å². The molecule has 120 valence electrons. The van der Waals surface area contributed by atoms with Gasteiger partial charge in [-0.05, 0) is 30.9 Å². The monoisotopic (exact) mass is 305 g/mol. The maximum atomic E-state index is 11.9. The Kier molecular flexibility index (Phi) is 5.95. The maximum absolute atomic E-state index is 11.9. The van der Waals surface area contributed by atoms with Crippen LogP contribution in [0.15, 0.2) is 24.3 Å². The number of benzene rings is 1. The van der Waals surface area contributed by atoms with E-state index in [-0.39, 0.29) is 17.6 Å². The first-order valence-corrected chi connectivity index (χ1v) is 7.72. The van der Waals surface area contributed by atoms with E-state index in [1.807, 2.05) is 0 Å². The highest BCUT2D eigenvalue weighted by molar-refractivity contribution is 5.89. The number of carboxylic acid groups (broad SMARTS) is 1. The van der Waals surface area contributed by atoms with Crippen LogP contribution in [-0.2, 0) is 16.0 Å². The van der Waals surface area contributed by atoms with E-state index in [1.165, 1.54) is 0 Å². The maximum Gasteiger partial charge on any atom is 0.335 e. The molecule has 1 aromatic carbocycles. The molecule has 2 atom stereocenters. The quantitative estimate of drug-likeness (QED) is 0.810. The molecule has 0 aliphatic heterocycles. The molecule has 22 heavy (non-hydrogen) atoms. The van der Waals surface area contributed by atoms with Gasteiger partial charge in [0.25, 0.3) is 0 Å². The summed E-state index contributed by atoms with van der Waals surface area (Å²) in [7, 11) is 1.72. The van der Waals surface area contributed by atoms with E-state index in [0.29, 0.717) is 30.9 Å². The van der Waals surface area contributed by atoms with E-state index >= 15 is 0 Å². The second kappa shape index (κ2) is 7.94. The summed E-state index contributed by atoms with van der Waals surface area (Å²) in [6.45, 7) is 0.637. The number of nitrogens with one attached hydrogen (secondary N) is 1. The Hall–Kier alpha value is -1.88. The summed E-state index contributed by atoms with van der Waals surface area (Å²) in [6, 6.07) is 6.81. The number of amides is 1. The van der Waals surface area contributed by atoms with Crippen molar-refractivity contribution >= 4 is 11.9 Å². The van der Waals surface area contributed by atoms with Crippen molar-refractivity contribution in [2.75, 3.05) is 13.7 Å². The lowest BCUT2D eigenvalue weighted by molar-refractivity contribution is -0.121. The smallest absolute Gasteiger partial charge is 0.335 e. The molecule has 0 bridgehead atoms. The van der Waals surface area contributed by atoms with Gasteiger partial charge in [-0.2, -0.15) is 0 Å². The van der Waals surface area contributed by atoms with Gasteiger partial charge in [0.2, 0.25) is 5.91 Å². The Balaban J connectivity index is 1.80. The van der Waals surface area contributed by atoms with Gasteiger partial charge in [-0.1, -0.05) is 24.6 Å². The van der Waals surface area contributed by atoms with E-state index < -0.39 is 5.97 Å². The largest absolute Gasteiger partial charge is 0.478 e. The molecule has 2 N–H and O–H groups in total. The van der Waals surface area contributed by atoms with Gasteiger partial charge in [0.1, 0.15) is 0 Å². The number of hydrogen-bond acceptors (Lipinski definition) is 3. The number of rotatable bonds is 7. The van der Waals surface area contributed by atoms with Crippen LogP contribution < -0.4 is 5.32 Å². The van der Waals surface area contributed by atoms with E-state index in [4.69, 9.17) is 9.84 Å². The lowest BCUT2D eigenvalue weighted by Gasteiger charge is -2.18. The van der Waals surface area contributed by atoms with Gasteiger partial charge in [0.15, 0.2) is 0 Å². The number of hydrogen-bond donors (Lipinski definition) is 2. The van der Waals surface area contributed by atoms with Crippen molar-refractivity contribution in [3.05, 3.63) is 35.4 Å². The highest BCUT2D eigenvalue weighted by Crippen LogP contribution is 2.27. The Labute approximate surface area is 130 Å². The fourth-order valence-corrected chi connectivity index (χ4v) is 3.08. The Morgan fingerprint density at radius 3 is 2.82 bits per heavy atom. The SMILES string of the molecule is COC1CCCC1CNC(=O)CCc1ccccc1C(=O)O. The minimum atomic E-state index is -0.954. The van der Waals surface area contributed by atoms with E-state index in [1.54, 1.807) is 31.4 Å². The topological polar surface area (TPSA) is 75.6 Å². The molecule has 2 unspecified atom stereocenters. The van der Waals surface area contributed by atoms with Crippen molar-refractivity contribution < 1.29 is 19.4 Å². The van der Waals surface area contributed by atoms with Gasteiger partial charge in [0.05, 0.1) is 11.7 Å². The minimum absolute atomic E-state index is 0.0399. The third-order valence-electron chi connectivity index (χ3n) is 4.32. The molecule has 1 saturated carbocycles. The number of aromatic carboxylic acids is 1. The first kappa shape index (κ1) is 16.5. The van der Waals surface area contributed by atoms with Crippen LogP contribution in [0.4, 0.5) is 0 Å². The molecule has 1 amide bonds. The standard InChI is InChI=1S/C17H23NO4/c1-22-15-8-4-6-13(15)11-18-16(19)10-9-12-5-2-3-7-14(12)17(20)21/h2-3,5,7,13,15H,4,6,8-11H2,1H3,(H,18,19)(H,20,21). The summed E-state index contributed by atoms with van der Waals surface area (Å²) < 4.78 is 5.41. The fraction of sp³-hybridized carbons (Fsp3) is 0.529. The number of methoxy groups -OCH3 is 1. The lowest BCUT2D eigenvalue weighted by atomic mass is 10.0. The van der Waals surface area contributed by atoms with Crippen molar-refractivity contribution in [1.82, 2.24) is 5.32 Å². The highest BCUT2D eigenvalue weighted by Gasteiger charge is 2.27. The Morgan fingerprint density at radius 2 is 2.09 bits per heavy atom. The molecule has 5 heteroatoms.